The summed E-state index contributed by atoms with van der Waals surface area (Å²) in [4.78, 5) is 13.8. The Balaban J connectivity index is 2.12. The number of rotatable bonds is 3. The molecule has 4 heteroatoms. The first-order chi connectivity index (χ1) is 9.60. The number of anilines is 1. The highest BCUT2D eigenvalue weighted by molar-refractivity contribution is 6.30. The summed E-state index contributed by atoms with van der Waals surface area (Å²) in [6.07, 6.45) is 0.296. The second-order valence-corrected chi connectivity index (χ2v) is 4.85. The van der Waals surface area contributed by atoms with Crippen LogP contribution in [0.1, 0.15) is 11.1 Å². The zero-order chi connectivity index (χ0) is 14.5. The number of carbonyl (C=O) groups excluding carboxylic acids is 1. The number of nitrogens with zero attached hydrogens (tertiary/aromatic N) is 2. The normalized spacial score (nSPS) is 9.85. The molecule has 0 bridgehead atoms. The number of hydrogen-bond acceptors (Lipinski definition) is 2. The van der Waals surface area contributed by atoms with Gasteiger partial charge in [0.05, 0.1) is 18.1 Å². The predicted molar refractivity (Wildman–Crippen MR) is 79.7 cm³/mol. The van der Waals surface area contributed by atoms with E-state index in [1.54, 1.807) is 48.3 Å². The summed E-state index contributed by atoms with van der Waals surface area (Å²) in [5.74, 6) is -0.0394. The van der Waals surface area contributed by atoms with Gasteiger partial charge in [0.1, 0.15) is 0 Å². The molecule has 2 rings (SSSR count). The van der Waals surface area contributed by atoms with E-state index in [4.69, 9.17) is 16.9 Å². The maximum absolute atomic E-state index is 12.2. The highest BCUT2D eigenvalue weighted by atomic mass is 35.5. The fraction of sp³-hybridized carbons (Fsp3) is 0.125. The van der Waals surface area contributed by atoms with Crippen molar-refractivity contribution in [1.29, 1.82) is 5.26 Å². The van der Waals surface area contributed by atoms with Crippen LogP contribution < -0.4 is 4.90 Å². The van der Waals surface area contributed by atoms with Gasteiger partial charge in [-0.3, -0.25) is 4.79 Å². The molecule has 0 heterocycles. The molecule has 20 heavy (non-hydrogen) atoms. The van der Waals surface area contributed by atoms with Crippen molar-refractivity contribution in [3.63, 3.8) is 0 Å². The van der Waals surface area contributed by atoms with Crippen LogP contribution in [0.3, 0.4) is 0 Å². The first-order valence-corrected chi connectivity index (χ1v) is 6.49. The molecular weight excluding hydrogens is 272 g/mol. The van der Waals surface area contributed by atoms with Gasteiger partial charge in [-0.05, 0) is 35.9 Å². The molecule has 2 aromatic carbocycles. The fourth-order valence-electron chi connectivity index (χ4n) is 1.82. The number of carbonyl (C=O) groups is 1. The lowest BCUT2D eigenvalue weighted by Gasteiger charge is -2.17. The van der Waals surface area contributed by atoms with Crippen LogP contribution in [0.4, 0.5) is 5.69 Å². The lowest BCUT2D eigenvalue weighted by atomic mass is 10.1. The molecule has 3 nitrogen and oxygen atoms in total. The van der Waals surface area contributed by atoms with E-state index in [0.29, 0.717) is 22.7 Å². The molecule has 100 valence electrons. The van der Waals surface area contributed by atoms with E-state index in [9.17, 15) is 4.79 Å². The number of likely N-dealkylation sites (N-methyl/N-ethyl adjacent to an activating group) is 1. The summed E-state index contributed by atoms with van der Waals surface area (Å²) in [5, 5.41) is 9.53. The van der Waals surface area contributed by atoms with Crippen molar-refractivity contribution in [2.75, 3.05) is 11.9 Å². The third-order valence-electron chi connectivity index (χ3n) is 3.01. The molecule has 0 saturated heterocycles. The minimum absolute atomic E-state index is 0.0394. The lowest BCUT2D eigenvalue weighted by Crippen LogP contribution is -2.27. The van der Waals surface area contributed by atoms with Gasteiger partial charge in [-0.2, -0.15) is 5.26 Å². The largest absolute Gasteiger partial charge is 0.315 e. The van der Waals surface area contributed by atoms with Crippen molar-refractivity contribution in [3.05, 3.63) is 64.7 Å². The fourth-order valence-corrected chi connectivity index (χ4v) is 1.95. The van der Waals surface area contributed by atoms with Gasteiger partial charge < -0.3 is 4.90 Å². The molecule has 0 fully saturated rings. The van der Waals surface area contributed by atoms with Crippen LogP contribution in [-0.4, -0.2) is 13.0 Å². The number of benzene rings is 2. The second-order valence-electron chi connectivity index (χ2n) is 4.42. The quantitative estimate of drug-likeness (QED) is 0.867. The zero-order valence-electron chi connectivity index (χ0n) is 11.0. The molecule has 0 unspecified atom stereocenters. The molecular formula is C16H13ClN2O. The maximum atomic E-state index is 12.2. The average Bonchev–Trinajstić information content (AvgIpc) is 2.48. The first kappa shape index (κ1) is 14.1. The van der Waals surface area contributed by atoms with Gasteiger partial charge in [0, 0.05) is 17.8 Å². The van der Waals surface area contributed by atoms with E-state index >= 15 is 0 Å². The Bertz CT molecular complexity index is 659. The average molecular weight is 285 g/mol. The Morgan fingerprint density at radius 1 is 1.25 bits per heavy atom. The van der Waals surface area contributed by atoms with Crippen LogP contribution in [0.2, 0.25) is 5.02 Å². The van der Waals surface area contributed by atoms with E-state index < -0.39 is 0 Å². The molecule has 0 atom stereocenters. The maximum Gasteiger partial charge on any atom is 0.231 e. The van der Waals surface area contributed by atoms with Gasteiger partial charge in [0.2, 0.25) is 5.91 Å². The summed E-state index contributed by atoms with van der Waals surface area (Å²) in [6, 6.07) is 16.2. The van der Waals surface area contributed by atoms with E-state index in [1.165, 1.54) is 0 Å². The van der Waals surface area contributed by atoms with E-state index in [-0.39, 0.29) is 5.91 Å². The van der Waals surface area contributed by atoms with Crippen molar-refractivity contribution in [2.45, 2.75) is 6.42 Å². The zero-order valence-corrected chi connectivity index (χ0v) is 11.8. The van der Waals surface area contributed by atoms with Crippen LogP contribution in [0.25, 0.3) is 0 Å². The van der Waals surface area contributed by atoms with Crippen LogP contribution in [0, 0.1) is 11.3 Å². The number of hydrogen-bond donors (Lipinski definition) is 0. The highest BCUT2D eigenvalue weighted by Crippen LogP contribution is 2.16. The topological polar surface area (TPSA) is 44.1 Å². The van der Waals surface area contributed by atoms with Gasteiger partial charge >= 0.3 is 0 Å². The van der Waals surface area contributed by atoms with Crippen LogP contribution >= 0.6 is 11.6 Å². The summed E-state index contributed by atoms with van der Waals surface area (Å²) < 4.78 is 0. The van der Waals surface area contributed by atoms with E-state index in [2.05, 4.69) is 6.07 Å². The molecule has 0 aliphatic carbocycles. The van der Waals surface area contributed by atoms with Crippen LogP contribution in [0.5, 0.6) is 0 Å². The third-order valence-corrected chi connectivity index (χ3v) is 3.26. The third kappa shape index (κ3) is 3.37. The Morgan fingerprint density at radius 2 is 1.95 bits per heavy atom. The number of amides is 1. The molecule has 0 spiro atoms. The van der Waals surface area contributed by atoms with Crippen molar-refractivity contribution in [2.24, 2.45) is 0 Å². The van der Waals surface area contributed by atoms with Gasteiger partial charge in [-0.15, -0.1) is 0 Å². The summed E-state index contributed by atoms with van der Waals surface area (Å²) in [6.45, 7) is 0. The van der Waals surface area contributed by atoms with E-state index in [1.807, 2.05) is 12.1 Å². The summed E-state index contributed by atoms with van der Waals surface area (Å²) >= 11 is 5.81. The Morgan fingerprint density at radius 3 is 2.60 bits per heavy atom. The molecule has 1 amide bonds. The molecule has 0 radical (unpaired) electrons. The van der Waals surface area contributed by atoms with Crippen LogP contribution in [0.15, 0.2) is 48.5 Å². The van der Waals surface area contributed by atoms with Gasteiger partial charge in [-0.1, -0.05) is 29.8 Å². The highest BCUT2D eigenvalue weighted by Gasteiger charge is 2.12. The smallest absolute Gasteiger partial charge is 0.231 e. The predicted octanol–water partition coefficient (Wildman–Crippen LogP) is 3.42. The summed E-state index contributed by atoms with van der Waals surface area (Å²) in [7, 11) is 1.70. The molecule has 0 aromatic heterocycles. The number of halogens is 1. The molecule has 0 aliphatic heterocycles. The number of nitriles is 1. The second kappa shape index (κ2) is 6.23. The minimum atomic E-state index is -0.0394. The lowest BCUT2D eigenvalue weighted by molar-refractivity contribution is -0.117. The SMILES string of the molecule is CN(C(=O)Cc1ccc(Cl)cc1)c1cccc(C#N)c1. The molecule has 0 aliphatic rings. The van der Waals surface area contributed by atoms with Gasteiger partial charge in [-0.25, -0.2) is 0 Å². The first-order valence-electron chi connectivity index (χ1n) is 6.11. The Labute approximate surface area is 123 Å². The van der Waals surface area contributed by atoms with Crippen molar-refractivity contribution < 1.29 is 4.79 Å². The monoisotopic (exact) mass is 284 g/mol. The van der Waals surface area contributed by atoms with Gasteiger partial charge in [0.25, 0.3) is 0 Å². The molecule has 0 saturated carbocycles. The standard InChI is InChI=1S/C16H13ClN2O/c1-19(15-4-2-3-13(9-15)11-18)16(20)10-12-5-7-14(17)8-6-12/h2-9H,10H2,1H3. The molecule has 2 aromatic rings. The minimum Gasteiger partial charge on any atom is -0.315 e. The Hall–Kier alpha value is -2.31. The van der Waals surface area contributed by atoms with Crippen molar-refractivity contribution in [1.82, 2.24) is 0 Å². The van der Waals surface area contributed by atoms with Gasteiger partial charge in [0.15, 0.2) is 0 Å². The molecule has 0 N–H and O–H groups in total. The summed E-state index contributed by atoms with van der Waals surface area (Å²) in [5.41, 5.74) is 2.15. The van der Waals surface area contributed by atoms with Crippen molar-refractivity contribution in [3.8, 4) is 6.07 Å². The van der Waals surface area contributed by atoms with E-state index in [0.717, 1.165) is 5.56 Å². The van der Waals surface area contributed by atoms with Crippen molar-refractivity contribution >= 4 is 23.2 Å². The Kier molecular flexibility index (Phi) is 4.39. The van der Waals surface area contributed by atoms with Crippen LogP contribution in [-0.2, 0) is 11.2 Å².